The van der Waals surface area contributed by atoms with E-state index >= 15 is 0 Å². The first kappa shape index (κ1) is 15.5. The summed E-state index contributed by atoms with van der Waals surface area (Å²) < 4.78 is 0.929. The fourth-order valence-corrected chi connectivity index (χ4v) is 3.58. The molecule has 1 aromatic heterocycles. The van der Waals surface area contributed by atoms with Crippen molar-refractivity contribution in [2.24, 2.45) is 0 Å². The predicted molar refractivity (Wildman–Crippen MR) is 92.6 cm³/mol. The van der Waals surface area contributed by atoms with E-state index in [-0.39, 0.29) is 12.3 Å². The van der Waals surface area contributed by atoms with Crippen LogP contribution in [0.25, 0.3) is 10.1 Å². The van der Waals surface area contributed by atoms with Crippen LogP contribution in [0.4, 0.5) is 0 Å². The van der Waals surface area contributed by atoms with E-state index in [0.29, 0.717) is 9.90 Å². The highest BCUT2D eigenvalue weighted by Gasteiger charge is 2.17. The molecule has 0 aliphatic carbocycles. The first-order chi connectivity index (χ1) is 11.1. The number of carbonyl (C=O) groups excluding carboxylic acids is 2. The van der Waals surface area contributed by atoms with Gasteiger partial charge < -0.3 is 0 Å². The van der Waals surface area contributed by atoms with E-state index in [0.717, 1.165) is 15.6 Å². The number of halogens is 1. The van der Waals surface area contributed by atoms with Gasteiger partial charge in [-0.15, -0.1) is 11.3 Å². The Morgan fingerprint density at radius 3 is 2.39 bits per heavy atom. The molecule has 4 nitrogen and oxygen atoms in total. The van der Waals surface area contributed by atoms with Crippen LogP contribution in [0.2, 0.25) is 5.02 Å². The number of carbonyl (C=O) groups is 2. The van der Waals surface area contributed by atoms with Crippen molar-refractivity contribution in [1.82, 2.24) is 10.9 Å². The van der Waals surface area contributed by atoms with Crippen molar-refractivity contribution in [2.75, 3.05) is 0 Å². The smallest absolute Gasteiger partial charge is 0.273 e. The van der Waals surface area contributed by atoms with Crippen molar-refractivity contribution < 1.29 is 9.59 Å². The fourth-order valence-electron chi connectivity index (χ4n) is 2.17. The molecular weight excluding hydrogens is 332 g/mol. The molecule has 0 aliphatic heterocycles. The van der Waals surface area contributed by atoms with E-state index in [1.165, 1.54) is 11.3 Å². The summed E-state index contributed by atoms with van der Waals surface area (Å²) in [5.74, 6) is -0.709. The fraction of sp³-hybridized carbons (Fsp3) is 0.0588. The molecule has 0 radical (unpaired) electrons. The maximum Gasteiger partial charge on any atom is 0.281 e. The van der Waals surface area contributed by atoms with Crippen molar-refractivity contribution in [2.45, 2.75) is 6.42 Å². The van der Waals surface area contributed by atoms with Gasteiger partial charge in [0.05, 0.1) is 11.4 Å². The Morgan fingerprint density at radius 2 is 1.65 bits per heavy atom. The standard InChI is InChI=1S/C17H13ClN2O2S/c18-15-12-8-4-5-9-13(12)23-16(15)17(22)20-19-14(21)10-11-6-2-1-3-7-11/h1-9H,10H2,(H,19,21)(H,20,22). The normalized spacial score (nSPS) is 10.5. The van der Waals surface area contributed by atoms with E-state index < -0.39 is 5.91 Å². The van der Waals surface area contributed by atoms with E-state index in [4.69, 9.17) is 11.6 Å². The maximum absolute atomic E-state index is 12.2. The average molecular weight is 345 g/mol. The molecule has 6 heteroatoms. The lowest BCUT2D eigenvalue weighted by Gasteiger charge is -2.06. The Kier molecular flexibility index (Phi) is 4.60. The molecule has 3 aromatic rings. The van der Waals surface area contributed by atoms with Crippen LogP contribution < -0.4 is 10.9 Å². The lowest BCUT2D eigenvalue weighted by molar-refractivity contribution is -0.121. The van der Waals surface area contributed by atoms with Crippen molar-refractivity contribution >= 4 is 44.8 Å². The molecular formula is C17H13ClN2O2S. The van der Waals surface area contributed by atoms with E-state index in [1.54, 1.807) is 0 Å². The molecule has 2 N–H and O–H groups in total. The maximum atomic E-state index is 12.2. The zero-order valence-corrected chi connectivity index (χ0v) is 13.6. The van der Waals surface area contributed by atoms with Gasteiger partial charge >= 0.3 is 0 Å². The number of hydrazine groups is 1. The van der Waals surface area contributed by atoms with Crippen molar-refractivity contribution in [3.63, 3.8) is 0 Å². The molecule has 23 heavy (non-hydrogen) atoms. The van der Waals surface area contributed by atoms with Crippen LogP contribution in [0.1, 0.15) is 15.2 Å². The Bertz CT molecular complexity index is 861. The number of amides is 2. The number of hydrogen-bond donors (Lipinski definition) is 2. The van der Waals surface area contributed by atoms with Crippen LogP contribution in [0.3, 0.4) is 0 Å². The largest absolute Gasteiger partial charge is 0.281 e. The zero-order valence-electron chi connectivity index (χ0n) is 12.0. The second kappa shape index (κ2) is 6.81. The van der Waals surface area contributed by atoms with Crippen molar-refractivity contribution in [3.05, 3.63) is 70.1 Å². The number of hydrogen-bond acceptors (Lipinski definition) is 3. The van der Waals surface area contributed by atoms with Crippen LogP contribution in [0.15, 0.2) is 54.6 Å². The highest BCUT2D eigenvalue weighted by molar-refractivity contribution is 7.21. The summed E-state index contributed by atoms with van der Waals surface area (Å²) in [6.45, 7) is 0. The molecule has 1 heterocycles. The minimum Gasteiger partial charge on any atom is -0.273 e. The minimum atomic E-state index is -0.419. The SMILES string of the molecule is O=C(Cc1ccccc1)NNC(=O)c1sc2ccccc2c1Cl. The molecule has 0 aliphatic rings. The third-order valence-electron chi connectivity index (χ3n) is 3.26. The minimum absolute atomic E-state index is 0.196. The van der Waals surface area contributed by atoms with E-state index in [2.05, 4.69) is 10.9 Å². The summed E-state index contributed by atoms with van der Waals surface area (Å²) in [6.07, 6.45) is 0.196. The molecule has 0 bridgehead atoms. The lowest BCUT2D eigenvalue weighted by atomic mass is 10.1. The van der Waals surface area contributed by atoms with Crippen LogP contribution in [-0.4, -0.2) is 11.8 Å². The molecule has 0 atom stereocenters. The van der Waals surface area contributed by atoms with Crippen LogP contribution in [0.5, 0.6) is 0 Å². The molecule has 116 valence electrons. The quantitative estimate of drug-likeness (QED) is 0.714. The first-order valence-corrected chi connectivity index (χ1v) is 8.15. The Hall–Kier alpha value is -2.37. The number of benzene rings is 2. The highest BCUT2D eigenvalue weighted by atomic mass is 35.5. The van der Waals surface area contributed by atoms with Crippen LogP contribution in [-0.2, 0) is 11.2 Å². The summed E-state index contributed by atoms with van der Waals surface area (Å²) in [6, 6.07) is 16.8. The second-order valence-electron chi connectivity index (χ2n) is 4.91. The summed E-state index contributed by atoms with van der Waals surface area (Å²) in [7, 11) is 0. The molecule has 2 aromatic carbocycles. The van der Waals surface area contributed by atoms with Gasteiger partial charge in [0.25, 0.3) is 5.91 Å². The van der Waals surface area contributed by atoms with Gasteiger partial charge in [0.15, 0.2) is 0 Å². The number of nitrogens with one attached hydrogen (secondary N) is 2. The predicted octanol–water partition coefficient (Wildman–Crippen LogP) is 3.56. The third kappa shape index (κ3) is 3.52. The second-order valence-corrected chi connectivity index (χ2v) is 6.34. The number of rotatable bonds is 3. The molecule has 0 saturated carbocycles. The molecule has 0 spiro atoms. The summed E-state index contributed by atoms with van der Waals surface area (Å²) in [4.78, 5) is 24.4. The third-order valence-corrected chi connectivity index (χ3v) is 4.94. The van der Waals surface area contributed by atoms with Gasteiger partial charge in [0.2, 0.25) is 5.91 Å². The van der Waals surface area contributed by atoms with Crippen LogP contribution >= 0.6 is 22.9 Å². The summed E-state index contributed by atoms with van der Waals surface area (Å²) in [5.41, 5.74) is 5.69. The van der Waals surface area contributed by atoms with Gasteiger partial charge in [-0.05, 0) is 11.6 Å². The molecule has 3 rings (SSSR count). The van der Waals surface area contributed by atoms with Crippen molar-refractivity contribution in [1.29, 1.82) is 0 Å². The van der Waals surface area contributed by atoms with E-state index in [9.17, 15) is 9.59 Å². The summed E-state index contributed by atoms with van der Waals surface area (Å²) >= 11 is 7.53. The van der Waals surface area contributed by atoms with Crippen molar-refractivity contribution in [3.8, 4) is 0 Å². The zero-order chi connectivity index (χ0) is 16.2. The van der Waals surface area contributed by atoms with Gasteiger partial charge in [-0.1, -0.05) is 60.1 Å². The van der Waals surface area contributed by atoms with Gasteiger partial charge in [-0.25, -0.2) is 0 Å². The first-order valence-electron chi connectivity index (χ1n) is 6.95. The Balaban J connectivity index is 1.64. The van der Waals surface area contributed by atoms with Gasteiger partial charge in [0, 0.05) is 10.1 Å². The molecule has 0 saturated heterocycles. The molecule has 2 amide bonds. The molecule has 0 unspecified atom stereocenters. The van der Waals surface area contributed by atoms with Gasteiger partial charge in [-0.3, -0.25) is 20.4 Å². The van der Waals surface area contributed by atoms with Gasteiger partial charge in [0.1, 0.15) is 4.88 Å². The monoisotopic (exact) mass is 344 g/mol. The Morgan fingerprint density at radius 1 is 0.957 bits per heavy atom. The Labute approximate surface area is 142 Å². The molecule has 0 fully saturated rings. The highest BCUT2D eigenvalue weighted by Crippen LogP contribution is 2.34. The average Bonchev–Trinajstić information content (AvgIpc) is 2.91. The topological polar surface area (TPSA) is 58.2 Å². The lowest BCUT2D eigenvalue weighted by Crippen LogP contribution is -2.42. The van der Waals surface area contributed by atoms with E-state index in [1.807, 2.05) is 54.6 Å². The van der Waals surface area contributed by atoms with Gasteiger partial charge in [-0.2, -0.15) is 0 Å². The van der Waals surface area contributed by atoms with Crippen LogP contribution in [0, 0.1) is 0 Å². The summed E-state index contributed by atoms with van der Waals surface area (Å²) in [5, 5.41) is 1.24. The number of fused-ring (bicyclic) bond motifs is 1. The number of thiophene rings is 1.